The van der Waals surface area contributed by atoms with Crippen LogP contribution in [-0.2, 0) is 4.79 Å². The summed E-state index contributed by atoms with van der Waals surface area (Å²) >= 11 is 0. The monoisotopic (exact) mass is 407 g/mol. The molecule has 0 aliphatic carbocycles. The number of fused-ring (bicyclic) bond motifs is 1. The zero-order valence-corrected chi connectivity index (χ0v) is 17.4. The number of anilines is 1. The van der Waals surface area contributed by atoms with Gasteiger partial charge in [-0.2, -0.15) is 5.10 Å². The van der Waals surface area contributed by atoms with E-state index in [1.54, 1.807) is 33.3 Å². The quantitative estimate of drug-likeness (QED) is 0.438. The Bertz CT molecular complexity index is 1040. The average Bonchev–Trinajstić information content (AvgIpc) is 2.78. The van der Waals surface area contributed by atoms with Crippen LogP contribution in [0.25, 0.3) is 10.8 Å². The summed E-state index contributed by atoms with van der Waals surface area (Å²) in [7, 11) is 4.62. The number of carbonyl (C=O) groups is 1. The minimum atomic E-state index is -0.469. The standard InChI is InChI=1S/C23H25N3O4/c1-15(25-19-10-9-17-7-5-6-8-18(17)13-19)23(27)26-24-14-16-11-20(28-2)22(30-4)21(12-16)29-3/h5-15,25H,1-4H3,(H,26,27)/b24-14-/t15-/m0/s1. The van der Waals surface area contributed by atoms with Crippen LogP contribution in [0, 0.1) is 0 Å². The number of carbonyl (C=O) groups excluding carboxylic acids is 1. The third-order valence-corrected chi connectivity index (χ3v) is 4.60. The molecule has 0 fully saturated rings. The first-order chi connectivity index (χ1) is 14.5. The van der Waals surface area contributed by atoms with Crippen molar-refractivity contribution in [3.63, 3.8) is 0 Å². The molecule has 3 aromatic rings. The summed E-state index contributed by atoms with van der Waals surface area (Å²) in [6.07, 6.45) is 1.52. The molecule has 156 valence electrons. The van der Waals surface area contributed by atoms with Gasteiger partial charge in [-0.3, -0.25) is 4.79 Å². The number of rotatable bonds is 8. The SMILES string of the molecule is COc1cc(/C=N\NC(=O)[C@H](C)Nc2ccc3ccccc3c2)cc(OC)c1OC. The zero-order chi connectivity index (χ0) is 21.5. The Kier molecular flexibility index (Phi) is 6.75. The highest BCUT2D eigenvalue weighted by Gasteiger charge is 2.14. The lowest BCUT2D eigenvalue weighted by Crippen LogP contribution is -2.34. The molecule has 0 unspecified atom stereocenters. The maximum absolute atomic E-state index is 12.4. The summed E-state index contributed by atoms with van der Waals surface area (Å²) in [5.74, 6) is 1.26. The van der Waals surface area contributed by atoms with E-state index in [9.17, 15) is 4.79 Å². The third-order valence-electron chi connectivity index (χ3n) is 4.60. The fourth-order valence-corrected chi connectivity index (χ4v) is 3.04. The summed E-state index contributed by atoms with van der Waals surface area (Å²) in [5.41, 5.74) is 4.11. The number of nitrogens with zero attached hydrogens (tertiary/aromatic N) is 1. The highest BCUT2D eigenvalue weighted by molar-refractivity contribution is 5.89. The fraction of sp³-hybridized carbons (Fsp3) is 0.217. The average molecular weight is 407 g/mol. The molecule has 0 saturated carbocycles. The van der Waals surface area contributed by atoms with Gasteiger partial charge in [0.1, 0.15) is 6.04 Å². The van der Waals surface area contributed by atoms with Crippen molar-refractivity contribution in [3.05, 3.63) is 60.2 Å². The van der Waals surface area contributed by atoms with Crippen molar-refractivity contribution in [1.82, 2.24) is 5.43 Å². The molecular weight excluding hydrogens is 382 g/mol. The number of hydrogen-bond acceptors (Lipinski definition) is 6. The van der Waals surface area contributed by atoms with Gasteiger partial charge in [0, 0.05) is 11.3 Å². The topological polar surface area (TPSA) is 81.2 Å². The molecule has 7 nitrogen and oxygen atoms in total. The molecule has 1 amide bonds. The van der Waals surface area contributed by atoms with Gasteiger partial charge in [-0.1, -0.05) is 30.3 Å². The van der Waals surface area contributed by atoms with E-state index in [-0.39, 0.29) is 5.91 Å². The maximum atomic E-state index is 12.4. The Morgan fingerprint density at radius 1 is 0.933 bits per heavy atom. The Morgan fingerprint density at radius 2 is 1.60 bits per heavy atom. The summed E-state index contributed by atoms with van der Waals surface area (Å²) < 4.78 is 15.9. The van der Waals surface area contributed by atoms with E-state index in [0.29, 0.717) is 22.8 Å². The highest BCUT2D eigenvalue weighted by Crippen LogP contribution is 2.37. The molecule has 0 heterocycles. The van der Waals surface area contributed by atoms with E-state index in [1.165, 1.54) is 13.3 Å². The molecule has 0 radical (unpaired) electrons. The minimum absolute atomic E-state index is 0.258. The Labute approximate surface area is 175 Å². The maximum Gasteiger partial charge on any atom is 0.262 e. The molecule has 0 aliphatic rings. The lowest BCUT2D eigenvalue weighted by Gasteiger charge is -2.14. The zero-order valence-electron chi connectivity index (χ0n) is 17.4. The molecule has 0 spiro atoms. The second-order valence-electron chi connectivity index (χ2n) is 6.62. The second-order valence-corrected chi connectivity index (χ2v) is 6.62. The summed E-state index contributed by atoms with van der Waals surface area (Å²) in [4.78, 5) is 12.4. The van der Waals surface area contributed by atoms with Gasteiger partial charge in [-0.15, -0.1) is 0 Å². The van der Waals surface area contributed by atoms with Gasteiger partial charge in [0.2, 0.25) is 5.75 Å². The van der Waals surface area contributed by atoms with Crippen LogP contribution in [0.4, 0.5) is 5.69 Å². The number of ether oxygens (including phenoxy) is 3. The van der Waals surface area contributed by atoms with Crippen molar-refractivity contribution >= 4 is 28.6 Å². The molecule has 30 heavy (non-hydrogen) atoms. The van der Waals surface area contributed by atoms with Crippen molar-refractivity contribution in [1.29, 1.82) is 0 Å². The molecule has 2 N–H and O–H groups in total. The first-order valence-corrected chi connectivity index (χ1v) is 9.44. The largest absolute Gasteiger partial charge is 0.493 e. The van der Waals surface area contributed by atoms with Crippen molar-refractivity contribution in [2.75, 3.05) is 26.6 Å². The normalized spacial score (nSPS) is 11.9. The molecule has 1 atom stereocenters. The van der Waals surface area contributed by atoms with Crippen molar-refractivity contribution < 1.29 is 19.0 Å². The van der Waals surface area contributed by atoms with E-state index in [2.05, 4.69) is 15.8 Å². The smallest absolute Gasteiger partial charge is 0.262 e. The van der Waals surface area contributed by atoms with Crippen LogP contribution in [0.5, 0.6) is 17.2 Å². The Morgan fingerprint density at radius 3 is 2.23 bits per heavy atom. The van der Waals surface area contributed by atoms with Crippen LogP contribution >= 0.6 is 0 Å². The molecular formula is C23H25N3O4. The minimum Gasteiger partial charge on any atom is -0.493 e. The van der Waals surface area contributed by atoms with Crippen molar-refractivity contribution in [3.8, 4) is 17.2 Å². The Hall–Kier alpha value is -3.74. The predicted octanol–water partition coefficient (Wildman–Crippen LogP) is 3.82. The van der Waals surface area contributed by atoms with Crippen LogP contribution in [0.15, 0.2) is 59.7 Å². The summed E-state index contributed by atoms with van der Waals surface area (Å²) in [6, 6.07) is 17.1. The van der Waals surface area contributed by atoms with Crippen LogP contribution in [-0.4, -0.2) is 39.5 Å². The molecule has 3 rings (SSSR count). The molecule has 0 aromatic heterocycles. The first kappa shape index (κ1) is 21.0. The van der Waals surface area contributed by atoms with Gasteiger partial charge in [-0.05, 0) is 42.0 Å². The van der Waals surface area contributed by atoms with Crippen molar-refractivity contribution in [2.24, 2.45) is 5.10 Å². The first-order valence-electron chi connectivity index (χ1n) is 9.44. The number of benzene rings is 3. The van der Waals surface area contributed by atoms with Crippen LogP contribution in [0.1, 0.15) is 12.5 Å². The molecule has 3 aromatic carbocycles. The summed E-state index contributed by atoms with van der Waals surface area (Å²) in [5, 5.41) is 9.49. The highest BCUT2D eigenvalue weighted by atomic mass is 16.5. The summed E-state index contributed by atoms with van der Waals surface area (Å²) in [6.45, 7) is 1.78. The number of amides is 1. The van der Waals surface area contributed by atoms with Crippen LogP contribution in [0.2, 0.25) is 0 Å². The van der Waals surface area contributed by atoms with E-state index in [4.69, 9.17) is 14.2 Å². The number of hydrazone groups is 1. The molecule has 0 saturated heterocycles. The van der Waals surface area contributed by atoms with Gasteiger partial charge < -0.3 is 19.5 Å². The third kappa shape index (κ3) is 4.81. The van der Waals surface area contributed by atoms with Crippen molar-refractivity contribution in [2.45, 2.75) is 13.0 Å². The lowest BCUT2D eigenvalue weighted by molar-refractivity contribution is -0.121. The fourth-order valence-electron chi connectivity index (χ4n) is 3.04. The van der Waals surface area contributed by atoms with Gasteiger partial charge in [0.25, 0.3) is 5.91 Å². The number of nitrogens with one attached hydrogen (secondary N) is 2. The number of hydrogen-bond donors (Lipinski definition) is 2. The van der Waals surface area contributed by atoms with E-state index in [0.717, 1.165) is 16.5 Å². The Balaban J connectivity index is 1.64. The van der Waals surface area contributed by atoms with Gasteiger partial charge in [-0.25, -0.2) is 5.43 Å². The van der Waals surface area contributed by atoms with Crippen LogP contribution < -0.4 is 25.0 Å². The van der Waals surface area contributed by atoms with E-state index < -0.39 is 6.04 Å². The van der Waals surface area contributed by atoms with E-state index >= 15 is 0 Å². The van der Waals surface area contributed by atoms with Gasteiger partial charge in [0.05, 0.1) is 27.5 Å². The number of methoxy groups -OCH3 is 3. The molecule has 0 aliphatic heterocycles. The van der Waals surface area contributed by atoms with Crippen LogP contribution in [0.3, 0.4) is 0 Å². The molecule has 7 heteroatoms. The van der Waals surface area contributed by atoms with Gasteiger partial charge >= 0.3 is 0 Å². The van der Waals surface area contributed by atoms with Gasteiger partial charge in [0.15, 0.2) is 11.5 Å². The second kappa shape index (κ2) is 9.65. The predicted molar refractivity (Wildman–Crippen MR) is 119 cm³/mol. The lowest BCUT2D eigenvalue weighted by atomic mass is 10.1. The van der Waals surface area contributed by atoms with E-state index in [1.807, 2.05) is 42.5 Å². The molecule has 0 bridgehead atoms.